The molecule has 0 bridgehead atoms. The van der Waals surface area contributed by atoms with Gasteiger partial charge in [0.1, 0.15) is 5.69 Å². The molecular formula is C20H26Cl2N4. The molecule has 0 saturated heterocycles. The Hall–Kier alpha value is -1.91. The number of benzene rings is 2. The number of nitrogens with one attached hydrogen (secondary N) is 1. The largest absolute Gasteiger partial charge is 0.381 e. The highest BCUT2D eigenvalue weighted by Crippen LogP contribution is 2.36. The predicted octanol–water partition coefficient (Wildman–Crippen LogP) is 5.67. The van der Waals surface area contributed by atoms with Gasteiger partial charge in [-0.25, -0.2) is 4.99 Å². The number of rotatable bonds is 8. The topological polar surface area (TPSA) is 30.9 Å². The summed E-state index contributed by atoms with van der Waals surface area (Å²) >= 11 is 12.7. The zero-order valence-corrected chi connectivity index (χ0v) is 17.3. The van der Waals surface area contributed by atoms with E-state index in [2.05, 4.69) is 53.3 Å². The Morgan fingerprint density at radius 1 is 1.00 bits per heavy atom. The SMILES string of the molecule is CCN(CC)c1ccc(CNc2cc(Cl)c(N=CN(C)C)c(Cl)c2)cc1. The van der Waals surface area contributed by atoms with Crippen LogP contribution in [-0.4, -0.2) is 38.4 Å². The molecule has 4 nitrogen and oxygen atoms in total. The van der Waals surface area contributed by atoms with Crippen molar-refractivity contribution in [2.24, 2.45) is 4.99 Å². The van der Waals surface area contributed by atoms with Crippen LogP contribution in [0.1, 0.15) is 19.4 Å². The van der Waals surface area contributed by atoms with Crippen LogP contribution >= 0.6 is 23.2 Å². The zero-order valence-electron chi connectivity index (χ0n) is 15.8. The third-order valence-electron chi connectivity index (χ3n) is 4.00. The molecule has 0 atom stereocenters. The highest BCUT2D eigenvalue weighted by Gasteiger charge is 2.08. The van der Waals surface area contributed by atoms with Crippen molar-refractivity contribution in [1.82, 2.24) is 4.90 Å². The molecule has 2 aromatic carbocycles. The van der Waals surface area contributed by atoms with Crippen LogP contribution in [0.15, 0.2) is 41.4 Å². The van der Waals surface area contributed by atoms with Gasteiger partial charge in [0.25, 0.3) is 0 Å². The monoisotopic (exact) mass is 392 g/mol. The molecule has 26 heavy (non-hydrogen) atoms. The van der Waals surface area contributed by atoms with E-state index in [0.29, 0.717) is 22.3 Å². The summed E-state index contributed by atoms with van der Waals surface area (Å²) < 4.78 is 0. The molecule has 0 aliphatic carbocycles. The number of halogens is 2. The molecule has 6 heteroatoms. The third-order valence-corrected chi connectivity index (χ3v) is 4.57. The summed E-state index contributed by atoms with van der Waals surface area (Å²) in [5, 5.41) is 4.41. The maximum Gasteiger partial charge on any atom is 0.102 e. The van der Waals surface area contributed by atoms with Crippen LogP contribution < -0.4 is 10.2 Å². The summed E-state index contributed by atoms with van der Waals surface area (Å²) in [6, 6.07) is 12.3. The van der Waals surface area contributed by atoms with Gasteiger partial charge < -0.3 is 15.1 Å². The number of nitrogens with zero attached hydrogens (tertiary/aromatic N) is 3. The Morgan fingerprint density at radius 2 is 1.58 bits per heavy atom. The molecule has 140 valence electrons. The second-order valence-electron chi connectivity index (χ2n) is 6.19. The molecule has 0 saturated carbocycles. The first-order valence-electron chi connectivity index (χ1n) is 8.72. The molecule has 2 rings (SSSR count). The molecule has 0 amide bonds. The van der Waals surface area contributed by atoms with E-state index in [-0.39, 0.29) is 0 Å². The molecule has 0 fully saturated rings. The van der Waals surface area contributed by atoms with Gasteiger partial charge in [-0.2, -0.15) is 0 Å². The van der Waals surface area contributed by atoms with Gasteiger partial charge in [-0.15, -0.1) is 0 Å². The summed E-state index contributed by atoms with van der Waals surface area (Å²) in [4.78, 5) is 8.47. The van der Waals surface area contributed by atoms with Crippen LogP contribution in [0.2, 0.25) is 10.0 Å². The first-order chi connectivity index (χ1) is 12.4. The molecule has 0 aromatic heterocycles. The lowest BCUT2D eigenvalue weighted by atomic mass is 10.2. The van der Waals surface area contributed by atoms with Crippen molar-refractivity contribution in [3.8, 4) is 0 Å². The van der Waals surface area contributed by atoms with Crippen LogP contribution in [0.5, 0.6) is 0 Å². The maximum atomic E-state index is 6.33. The van der Waals surface area contributed by atoms with Gasteiger partial charge in [0.15, 0.2) is 0 Å². The van der Waals surface area contributed by atoms with Gasteiger partial charge in [-0.05, 0) is 43.7 Å². The van der Waals surface area contributed by atoms with Crippen LogP contribution in [0.25, 0.3) is 0 Å². The van der Waals surface area contributed by atoms with Crippen molar-refractivity contribution in [1.29, 1.82) is 0 Å². The fourth-order valence-electron chi connectivity index (χ4n) is 2.58. The van der Waals surface area contributed by atoms with Crippen molar-refractivity contribution >= 4 is 46.6 Å². The fourth-order valence-corrected chi connectivity index (χ4v) is 3.17. The van der Waals surface area contributed by atoms with E-state index >= 15 is 0 Å². The van der Waals surface area contributed by atoms with Gasteiger partial charge in [-0.1, -0.05) is 35.3 Å². The van der Waals surface area contributed by atoms with Gasteiger partial charge >= 0.3 is 0 Å². The summed E-state index contributed by atoms with van der Waals surface area (Å²) in [6.07, 6.45) is 1.68. The third kappa shape index (κ3) is 5.55. The van der Waals surface area contributed by atoms with Crippen molar-refractivity contribution in [3.63, 3.8) is 0 Å². The van der Waals surface area contributed by atoms with Crippen LogP contribution in [-0.2, 0) is 6.54 Å². The molecule has 2 aromatic rings. The molecule has 0 aliphatic heterocycles. The quantitative estimate of drug-likeness (QED) is 0.463. The number of aliphatic imine (C=N–C) groups is 1. The Balaban J connectivity index is 2.05. The summed E-state index contributed by atoms with van der Waals surface area (Å²) in [7, 11) is 3.79. The average molecular weight is 393 g/mol. The Morgan fingerprint density at radius 3 is 2.08 bits per heavy atom. The number of anilines is 2. The first kappa shape index (κ1) is 20.4. The lowest BCUT2D eigenvalue weighted by molar-refractivity contribution is 0.643. The standard InChI is InChI=1S/C20H26Cl2N4/c1-5-26(6-2)17-9-7-15(8-10-17)13-23-16-11-18(21)20(19(22)12-16)24-14-25(3)4/h7-12,14,23H,5-6,13H2,1-4H3. The first-order valence-corrected chi connectivity index (χ1v) is 9.47. The zero-order chi connectivity index (χ0) is 19.1. The summed E-state index contributed by atoms with van der Waals surface area (Å²) in [5.41, 5.74) is 3.89. The Kier molecular flexibility index (Phi) is 7.61. The van der Waals surface area contributed by atoms with Crippen molar-refractivity contribution in [2.75, 3.05) is 37.4 Å². The van der Waals surface area contributed by atoms with Gasteiger partial charge in [0, 0.05) is 45.1 Å². The highest BCUT2D eigenvalue weighted by molar-refractivity contribution is 6.39. The minimum absolute atomic E-state index is 0.523. The molecule has 0 spiro atoms. The van der Waals surface area contributed by atoms with Crippen molar-refractivity contribution < 1.29 is 0 Å². The van der Waals surface area contributed by atoms with E-state index in [9.17, 15) is 0 Å². The van der Waals surface area contributed by atoms with Gasteiger partial charge in [-0.3, -0.25) is 0 Å². The summed E-state index contributed by atoms with van der Waals surface area (Å²) in [6.45, 7) is 7.05. The highest BCUT2D eigenvalue weighted by atomic mass is 35.5. The van der Waals surface area contributed by atoms with E-state index in [1.165, 1.54) is 11.3 Å². The summed E-state index contributed by atoms with van der Waals surface area (Å²) in [5.74, 6) is 0. The Bertz CT molecular complexity index is 715. The van der Waals surface area contributed by atoms with Crippen LogP contribution in [0.4, 0.5) is 17.1 Å². The van der Waals surface area contributed by atoms with Crippen LogP contribution in [0, 0.1) is 0 Å². The van der Waals surface area contributed by atoms with Crippen molar-refractivity contribution in [2.45, 2.75) is 20.4 Å². The molecule has 1 N–H and O–H groups in total. The van der Waals surface area contributed by atoms with E-state index in [1.54, 1.807) is 6.34 Å². The smallest absolute Gasteiger partial charge is 0.102 e. The maximum absolute atomic E-state index is 6.33. The normalized spacial score (nSPS) is 11.0. The van der Waals surface area contributed by atoms with E-state index in [1.807, 2.05) is 31.1 Å². The van der Waals surface area contributed by atoms with Gasteiger partial charge in [0.05, 0.1) is 16.4 Å². The second-order valence-corrected chi connectivity index (χ2v) is 7.00. The number of hydrogen-bond acceptors (Lipinski definition) is 3. The minimum atomic E-state index is 0.523. The average Bonchev–Trinajstić information content (AvgIpc) is 2.61. The lowest BCUT2D eigenvalue weighted by Crippen LogP contribution is -2.21. The molecule has 0 radical (unpaired) electrons. The van der Waals surface area contributed by atoms with E-state index in [0.717, 1.165) is 18.8 Å². The molecule has 0 heterocycles. The Labute approximate surface area is 166 Å². The molecular weight excluding hydrogens is 367 g/mol. The number of hydrogen-bond donors (Lipinski definition) is 1. The van der Waals surface area contributed by atoms with E-state index < -0.39 is 0 Å². The van der Waals surface area contributed by atoms with Crippen molar-refractivity contribution in [3.05, 3.63) is 52.0 Å². The minimum Gasteiger partial charge on any atom is -0.381 e. The molecule has 0 aliphatic rings. The van der Waals surface area contributed by atoms with Crippen LogP contribution in [0.3, 0.4) is 0 Å². The van der Waals surface area contributed by atoms with Gasteiger partial charge in [0.2, 0.25) is 0 Å². The van der Waals surface area contributed by atoms with E-state index in [4.69, 9.17) is 23.2 Å². The lowest BCUT2D eigenvalue weighted by Gasteiger charge is -2.21. The molecule has 0 unspecified atom stereocenters. The fraction of sp³-hybridized carbons (Fsp3) is 0.350. The second kappa shape index (κ2) is 9.70. The predicted molar refractivity (Wildman–Crippen MR) is 116 cm³/mol.